The third-order valence-electron chi connectivity index (χ3n) is 3.22. The highest BCUT2D eigenvalue weighted by Gasteiger charge is 2.14. The number of hydrogen-bond donors (Lipinski definition) is 2. The van der Waals surface area contributed by atoms with Crippen LogP contribution >= 0.6 is 11.8 Å². The monoisotopic (exact) mass is 288 g/mol. The second kappa shape index (κ2) is 6.82. The molecule has 2 nitrogen and oxygen atoms in total. The first kappa shape index (κ1) is 14.9. The third-order valence-corrected chi connectivity index (χ3v) is 4.41. The normalized spacial score (nSPS) is 12.3. The van der Waals surface area contributed by atoms with Crippen LogP contribution in [0.1, 0.15) is 16.7 Å². The van der Waals surface area contributed by atoms with Crippen molar-refractivity contribution in [3.63, 3.8) is 0 Å². The standard InChI is InChI=1S/C17H20O2S/c1-12-8-13(2)17(19)14(9-12)10-16(11-18)20-15-6-4-3-5-7-15/h3-9,16,18-19H,10-11H2,1-2H3. The maximum Gasteiger partial charge on any atom is 0.121 e. The van der Waals surface area contributed by atoms with Gasteiger partial charge in [-0.2, -0.15) is 0 Å². The molecule has 0 fully saturated rings. The fourth-order valence-electron chi connectivity index (χ4n) is 2.28. The lowest BCUT2D eigenvalue weighted by Crippen LogP contribution is -2.12. The van der Waals surface area contributed by atoms with Crippen LogP contribution in [0.3, 0.4) is 0 Å². The number of hydrogen-bond acceptors (Lipinski definition) is 3. The Kier molecular flexibility index (Phi) is 5.10. The Bertz CT molecular complexity index is 567. The Labute approximate surface area is 124 Å². The highest BCUT2D eigenvalue weighted by Crippen LogP contribution is 2.30. The molecule has 0 amide bonds. The summed E-state index contributed by atoms with van der Waals surface area (Å²) in [4.78, 5) is 1.13. The average Bonchev–Trinajstić information content (AvgIpc) is 2.44. The molecule has 0 bridgehead atoms. The summed E-state index contributed by atoms with van der Waals surface area (Å²) >= 11 is 1.64. The fourth-order valence-corrected chi connectivity index (χ4v) is 3.32. The van der Waals surface area contributed by atoms with Crippen LogP contribution in [-0.2, 0) is 6.42 Å². The van der Waals surface area contributed by atoms with Crippen molar-refractivity contribution in [1.82, 2.24) is 0 Å². The number of phenolic OH excluding ortho intramolecular Hbond substituents is 1. The van der Waals surface area contributed by atoms with Crippen LogP contribution in [0.25, 0.3) is 0 Å². The lowest BCUT2D eigenvalue weighted by molar-refractivity contribution is 0.293. The molecular formula is C17H20O2S. The van der Waals surface area contributed by atoms with Gasteiger partial charge in [0.25, 0.3) is 0 Å². The van der Waals surface area contributed by atoms with Gasteiger partial charge >= 0.3 is 0 Å². The van der Waals surface area contributed by atoms with E-state index in [0.29, 0.717) is 12.2 Å². The first-order valence-corrected chi connectivity index (χ1v) is 7.59. The van der Waals surface area contributed by atoms with Gasteiger partial charge in [0.05, 0.1) is 6.61 Å². The summed E-state index contributed by atoms with van der Waals surface area (Å²) in [6.45, 7) is 4.02. The smallest absolute Gasteiger partial charge is 0.121 e. The Morgan fingerprint density at radius 1 is 1.10 bits per heavy atom. The number of thioether (sulfide) groups is 1. The predicted molar refractivity (Wildman–Crippen MR) is 84.5 cm³/mol. The van der Waals surface area contributed by atoms with Gasteiger partial charge in [-0.1, -0.05) is 35.9 Å². The summed E-state index contributed by atoms with van der Waals surface area (Å²) in [6.07, 6.45) is 0.657. The minimum absolute atomic E-state index is 0.0458. The van der Waals surface area contributed by atoms with Crippen LogP contribution in [0.2, 0.25) is 0 Å². The zero-order valence-electron chi connectivity index (χ0n) is 11.8. The van der Waals surface area contributed by atoms with E-state index in [9.17, 15) is 10.2 Å². The van der Waals surface area contributed by atoms with Gasteiger partial charge in [0.2, 0.25) is 0 Å². The highest BCUT2D eigenvalue weighted by atomic mass is 32.2. The number of benzene rings is 2. The quantitative estimate of drug-likeness (QED) is 0.824. The van der Waals surface area contributed by atoms with E-state index < -0.39 is 0 Å². The third kappa shape index (κ3) is 3.78. The SMILES string of the molecule is Cc1cc(C)c(O)c(CC(CO)Sc2ccccc2)c1. The highest BCUT2D eigenvalue weighted by molar-refractivity contribution is 8.00. The minimum Gasteiger partial charge on any atom is -0.507 e. The molecule has 0 spiro atoms. The summed E-state index contributed by atoms with van der Waals surface area (Å²) in [5.41, 5.74) is 2.93. The zero-order valence-corrected chi connectivity index (χ0v) is 12.7. The van der Waals surface area contributed by atoms with Crippen molar-refractivity contribution in [2.24, 2.45) is 0 Å². The molecule has 0 saturated heterocycles. The van der Waals surface area contributed by atoms with Gasteiger partial charge in [-0.3, -0.25) is 0 Å². The second-order valence-corrected chi connectivity index (χ2v) is 6.40. The summed E-state index contributed by atoms with van der Waals surface area (Å²) in [7, 11) is 0. The molecule has 0 aliphatic rings. The Hall–Kier alpha value is -1.45. The van der Waals surface area contributed by atoms with E-state index in [4.69, 9.17) is 0 Å². The van der Waals surface area contributed by atoms with Crippen molar-refractivity contribution >= 4 is 11.8 Å². The topological polar surface area (TPSA) is 40.5 Å². The molecule has 0 aliphatic heterocycles. The molecule has 20 heavy (non-hydrogen) atoms. The van der Waals surface area contributed by atoms with Crippen molar-refractivity contribution in [2.45, 2.75) is 30.4 Å². The van der Waals surface area contributed by atoms with E-state index in [1.165, 1.54) is 0 Å². The van der Waals surface area contributed by atoms with E-state index in [1.54, 1.807) is 11.8 Å². The summed E-state index contributed by atoms with van der Waals surface area (Å²) < 4.78 is 0. The van der Waals surface area contributed by atoms with Gasteiger partial charge in [0.1, 0.15) is 5.75 Å². The Morgan fingerprint density at radius 2 is 1.80 bits per heavy atom. The molecule has 0 radical (unpaired) electrons. The van der Waals surface area contributed by atoms with Crippen molar-refractivity contribution in [2.75, 3.05) is 6.61 Å². The van der Waals surface area contributed by atoms with E-state index in [-0.39, 0.29) is 11.9 Å². The summed E-state index contributed by atoms with van der Waals surface area (Å²) in [6, 6.07) is 14.0. The van der Waals surface area contributed by atoms with Crippen LogP contribution in [0.15, 0.2) is 47.4 Å². The van der Waals surface area contributed by atoms with Gasteiger partial charge < -0.3 is 10.2 Å². The van der Waals surface area contributed by atoms with Gasteiger partial charge in [-0.05, 0) is 43.5 Å². The predicted octanol–water partition coefficient (Wildman–Crippen LogP) is 3.70. The minimum atomic E-state index is 0.0458. The molecule has 1 atom stereocenters. The van der Waals surface area contributed by atoms with Gasteiger partial charge in [-0.25, -0.2) is 0 Å². The Balaban J connectivity index is 2.14. The maximum absolute atomic E-state index is 10.1. The zero-order chi connectivity index (χ0) is 14.5. The lowest BCUT2D eigenvalue weighted by Gasteiger charge is -2.16. The van der Waals surface area contributed by atoms with E-state index in [2.05, 4.69) is 0 Å². The molecular weight excluding hydrogens is 268 g/mol. The molecule has 1 unspecified atom stereocenters. The van der Waals surface area contributed by atoms with Gasteiger partial charge in [0.15, 0.2) is 0 Å². The summed E-state index contributed by atoms with van der Waals surface area (Å²) in [5, 5.41) is 19.8. The molecule has 0 heterocycles. The summed E-state index contributed by atoms with van der Waals surface area (Å²) in [5.74, 6) is 0.350. The lowest BCUT2D eigenvalue weighted by atomic mass is 10.0. The molecule has 2 aromatic rings. The second-order valence-electron chi connectivity index (χ2n) is 5.03. The van der Waals surface area contributed by atoms with Crippen LogP contribution < -0.4 is 0 Å². The van der Waals surface area contributed by atoms with Gasteiger partial charge in [-0.15, -0.1) is 11.8 Å². The van der Waals surface area contributed by atoms with E-state index in [1.807, 2.05) is 56.3 Å². The first-order chi connectivity index (χ1) is 9.60. The van der Waals surface area contributed by atoms with E-state index >= 15 is 0 Å². The van der Waals surface area contributed by atoms with Crippen molar-refractivity contribution < 1.29 is 10.2 Å². The van der Waals surface area contributed by atoms with Crippen molar-refractivity contribution in [1.29, 1.82) is 0 Å². The number of rotatable bonds is 5. The fraction of sp³-hybridized carbons (Fsp3) is 0.294. The van der Waals surface area contributed by atoms with Crippen LogP contribution in [-0.4, -0.2) is 22.1 Å². The molecule has 2 N–H and O–H groups in total. The maximum atomic E-state index is 10.1. The van der Waals surface area contributed by atoms with Crippen LogP contribution in [0, 0.1) is 13.8 Å². The molecule has 0 saturated carbocycles. The number of aryl methyl sites for hydroxylation is 2. The molecule has 0 aliphatic carbocycles. The number of phenols is 1. The Morgan fingerprint density at radius 3 is 2.45 bits per heavy atom. The number of aliphatic hydroxyl groups excluding tert-OH is 1. The number of aliphatic hydroxyl groups is 1. The number of aromatic hydroxyl groups is 1. The largest absolute Gasteiger partial charge is 0.507 e. The van der Waals surface area contributed by atoms with Crippen molar-refractivity contribution in [3.8, 4) is 5.75 Å². The molecule has 3 heteroatoms. The molecule has 2 aromatic carbocycles. The van der Waals surface area contributed by atoms with E-state index in [0.717, 1.165) is 21.6 Å². The average molecular weight is 288 g/mol. The van der Waals surface area contributed by atoms with Gasteiger partial charge in [0, 0.05) is 10.1 Å². The molecule has 2 rings (SSSR count). The molecule has 0 aromatic heterocycles. The van der Waals surface area contributed by atoms with Crippen LogP contribution in [0.4, 0.5) is 0 Å². The molecule has 106 valence electrons. The van der Waals surface area contributed by atoms with Crippen LogP contribution in [0.5, 0.6) is 5.75 Å². The van der Waals surface area contributed by atoms with Crippen molar-refractivity contribution in [3.05, 3.63) is 59.2 Å². The first-order valence-electron chi connectivity index (χ1n) is 6.72.